The predicted octanol–water partition coefficient (Wildman–Crippen LogP) is 4.99. The Morgan fingerprint density at radius 1 is 1.12 bits per heavy atom. The second-order valence-electron chi connectivity index (χ2n) is 7.69. The summed E-state index contributed by atoms with van der Waals surface area (Å²) in [5, 5.41) is 2.92. The van der Waals surface area contributed by atoms with Crippen molar-refractivity contribution in [1.82, 2.24) is 10.3 Å². The van der Waals surface area contributed by atoms with Crippen molar-refractivity contribution in [2.45, 2.75) is 24.8 Å². The monoisotopic (exact) mass is 446 g/mol. The van der Waals surface area contributed by atoms with Crippen LogP contribution in [0.5, 0.6) is 0 Å². The first kappa shape index (κ1) is 21.8. The molecule has 0 radical (unpaired) electrons. The molecule has 0 saturated carbocycles. The van der Waals surface area contributed by atoms with Gasteiger partial charge in [0.2, 0.25) is 5.91 Å². The zero-order valence-electron chi connectivity index (χ0n) is 17.9. The summed E-state index contributed by atoms with van der Waals surface area (Å²) in [4.78, 5) is 17.5. The second-order valence-corrected chi connectivity index (χ2v) is 9.07. The molecule has 1 unspecified atom stereocenters. The van der Waals surface area contributed by atoms with Crippen molar-refractivity contribution in [1.29, 1.82) is 0 Å². The molecular formula is C26H23FN2O2S. The molecule has 162 valence electrons. The number of pyridine rings is 1. The molecule has 0 saturated heterocycles. The Morgan fingerprint density at radius 3 is 2.59 bits per heavy atom. The zero-order valence-corrected chi connectivity index (χ0v) is 18.7. The fourth-order valence-electron chi connectivity index (χ4n) is 3.83. The molecule has 1 N–H and O–H groups in total. The predicted molar refractivity (Wildman–Crippen MR) is 126 cm³/mol. The Morgan fingerprint density at radius 2 is 1.91 bits per heavy atom. The van der Waals surface area contributed by atoms with Gasteiger partial charge in [0, 0.05) is 40.9 Å². The highest BCUT2D eigenvalue weighted by Gasteiger charge is 2.25. The maximum Gasteiger partial charge on any atom is 0.224 e. The minimum absolute atomic E-state index is 0.130. The average molecular weight is 447 g/mol. The van der Waals surface area contributed by atoms with Crippen molar-refractivity contribution in [3.05, 3.63) is 101 Å². The SMILES string of the molecule is CC1=C(CC(=O)NCc2cccnc2)c2cc(F)ccc2C1=Cc1ccc(S(C)=O)cc1. The van der Waals surface area contributed by atoms with Crippen LogP contribution in [-0.4, -0.2) is 21.4 Å². The Kier molecular flexibility index (Phi) is 6.42. The van der Waals surface area contributed by atoms with Gasteiger partial charge in [-0.25, -0.2) is 4.39 Å². The first-order valence-corrected chi connectivity index (χ1v) is 11.8. The maximum atomic E-state index is 14.1. The van der Waals surface area contributed by atoms with Gasteiger partial charge in [0.1, 0.15) is 5.82 Å². The molecule has 6 heteroatoms. The number of rotatable bonds is 6. The van der Waals surface area contributed by atoms with Gasteiger partial charge in [-0.1, -0.05) is 24.3 Å². The van der Waals surface area contributed by atoms with Crippen LogP contribution in [0.2, 0.25) is 0 Å². The second kappa shape index (κ2) is 9.40. The molecule has 4 nitrogen and oxygen atoms in total. The lowest BCUT2D eigenvalue weighted by atomic mass is 10.0. The Balaban J connectivity index is 1.62. The van der Waals surface area contributed by atoms with Crippen LogP contribution in [-0.2, 0) is 22.1 Å². The summed E-state index contributed by atoms with van der Waals surface area (Å²) in [6.45, 7) is 2.35. The number of carbonyl (C=O) groups excluding carboxylic acids is 1. The number of fused-ring (bicyclic) bond motifs is 1. The molecule has 0 bridgehead atoms. The first-order valence-electron chi connectivity index (χ1n) is 10.2. The highest BCUT2D eigenvalue weighted by Crippen LogP contribution is 2.43. The lowest BCUT2D eigenvalue weighted by Gasteiger charge is -2.08. The number of hydrogen-bond donors (Lipinski definition) is 1. The van der Waals surface area contributed by atoms with Crippen molar-refractivity contribution in [3.63, 3.8) is 0 Å². The number of benzene rings is 2. The van der Waals surface area contributed by atoms with Crippen LogP contribution < -0.4 is 5.32 Å². The highest BCUT2D eigenvalue weighted by atomic mass is 32.2. The van der Waals surface area contributed by atoms with Crippen molar-refractivity contribution in [3.8, 4) is 0 Å². The lowest BCUT2D eigenvalue weighted by molar-refractivity contribution is -0.120. The topological polar surface area (TPSA) is 59.1 Å². The van der Waals surface area contributed by atoms with E-state index in [1.165, 1.54) is 12.1 Å². The van der Waals surface area contributed by atoms with Crippen molar-refractivity contribution >= 4 is 33.9 Å². The van der Waals surface area contributed by atoms with Crippen LogP contribution in [0.25, 0.3) is 17.2 Å². The first-order chi connectivity index (χ1) is 15.4. The van der Waals surface area contributed by atoms with Crippen LogP contribution in [0.4, 0.5) is 4.39 Å². The van der Waals surface area contributed by atoms with E-state index in [0.717, 1.165) is 43.9 Å². The molecule has 3 aromatic rings. The van der Waals surface area contributed by atoms with Crippen LogP contribution >= 0.6 is 0 Å². The Hall–Kier alpha value is -3.38. The minimum Gasteiger partial charge on any atom is -0.352 e. The molecule has 1 aliphatic carbocycles. The van der Waals surface area contributed by atoms with Crippen LogP contribution in [0.15, 0.2) is 77.5 Å². The number of allylic oxidation sites excluding steroid dienone is 2. The van der Waals surface area contributed by atoms with Gasteiger partial charge in [-0.05, 0) is 82.3 Å². The molecule has 0 spiro atoms. The van der Waals surface area contributed by atoms with Gasteiger partial charge in [0.05, 0.1) is 6.42 Å². The molecule has 1 heterocycles. The molecule has 1 aromatic heterocycles. The van der Waals surface area contributed by atoms with Crippen molar-refractivity contribution in [2.24, 2.45) is 0 Å². The van der Waals surface area contributed by atoms with E-state index < -0.39 is 10.8 Å². The summed E-state index contributed by atoms with van der Waals surface area (Å²) in [6.07, 6.45) is 7.23. The number of amides is 1. The summed E-state index contributed by atoms with van der Waals surface area (Å²) < 4.78 is 25.7. The molecule has 4 rings (SSSR count). The van der Waals surface area contributed by atoms with Crippen LogP contribution in [0.3, 0.4) is 0 Å². The van der Waals surface area contributed by atoms with Gasteiger partial charge in [-0.2, -0.15) is 0 Å². The van der Waals surface area contributed by atoms with E-state index in [1.54, 1.807) is 24.7 Å². The lowest BCUT2D eigenvalue weighted by Crippen LogP contribution is -2.22. The number of nitrogens with one attached hydrogen (secondary N) is 1. The van der Waals surface area contributed by atoms with E-state index in [-0.39, 0.29) is 18.1 Å². The third-order valence-corrected chi connectivity index (χ3v) is 6.46. The summed E-state index contributed by atoms with van der Waals surface area (Å²) in [5.41, 5.74) is 6.25. The van der Waals surface area contributed by atoms with Crippen molar-refractivity contribution < 1.29 is 13.4 Å². The number of halogens is 1. The number of hydrogen-bond acceptors (Lipinski definition) is 3. The highest BCUT2D eigenvalue weighted by molar-refractivity contribution is 7.84. The Labute approximate surface area is 189 Å². The smallest absolute Gasteiger partial charge is 0.224 e. The van der Waals surface area contributed by atoms with Gasteiger partial charge < -0.3 is 5.32 Å². The largest absolute Gasteiger partial charge is 0.352 e. The molecule has 1 atom stereocenters. The molecule has 0 aliphatic heterocycles. The minimum atomic E-state index is -1.04. The molecule has 0 fully saturated rings. The fourth-order valence-corrected chi connectivity index (χ4v) is 4.35. The third kappa shape index (κ3) is 4.75. The summed E-state index contributed by atoms with van der Waals surface area (Å²) in [5.74, 6) is -0.463. The van der Waals surface area contributed by atoms with E-state index >= 15 is 0 Å². The van der Waals surface area contributed by atoms with E-state index in [9.17, 15) is 13.4 Å². The van der Waals surface area contributed by atoms with Gasteiger partial charge in [-0.15, -0.1) is 0 Å². The van der Waals surface area contributed by atoms with E-state index in [1.807, 2.05) is 49.4 Å². The van der Waals surface area contributed by atoms with E-state index in [4.69, 9.17) is 0 Å². The number of carbonyl (C=O) groups is 1. The quantitative estimate of drug-likeness (QED) is 0.580. The molecule has 32 heavy (non-hydrogen) atoms. The zero-order chi connectivity index (χ0) is 22.7. The molecule has 2 aromatic carbocycles. The van der Waals surface area contributed by atoms with Gasteiger partial charge in [0.15, 0.2) is 0 Å². The molecular weight excluding hydrogens is 423 g/mol. The summed E-state index contributed by atoms with van der Waals surface area (Å²) >= 11 is 0. The van der Waals surface area contributed by atoms with Crippen LogP contribution in [0, 0.1) is 5.82 Å². The summed E-state index contributed by atoms with van der Waals surface area (Å²) in [7, 11) is -1.04. The van der Waals surface area contributed by atoms with Gasteiger partial charge in [0.25, 0.3) is 0 Å². The van der Waals surface area contributed by atoms with Gasteiger partial charge >= 0.3 is 0 Å². The fraction of sp³-hybridized carbons (Fsp3) is 0.154. The maximum absolute atomic E-state index is 14.1. The summed E-state index contributed by atoms with van der Waals surface area (Å²) in [6, 6.07) is 15.9. The van der Waals surface area contributed by atoms with E-state index in [2.05, 4.69) is 10.3 Å². The van der Waals surface area contributed by atoms with Gasteiger partial charge in [-0.3, -0.25) is 14.0 Å². The number of aromatic nitrogens is 1. The van der Waals surface area contributed by atoms with Crippen LogP contribution in [0.1, 0.15) is 35.6 Å². The molecule has 1 aliphatic rings. The van der Waals surface area contributed by atoms with E-state index in [0.29, 0.717) is 6.54 Å². The standard InChI is InChI=1S/C26H23FN2O2S/c1-17-23(12-18-5-8-21(9-6-18)32(2)31)22-10-7-20(27)13-25(22)24(17)14-26(30)29-16-19-4-3-11-28-15-19/h3-13,15H,14,16H2,1-2H3,(H,29,30). The average Bonchev–Trinajstić information content (AvgIpc) is 3.04. The Bertz CT molecular complexity index is 1250. The van der Waals surface area contributed by atoms with Crippen molar-refractivity contribution in [2.75, 3.05) is 6.26 Å². The normalized spacial score (nSPS) is 15.0. The third-order valence-electron chi connectivity index (χ3n) is 5.53. The number of nitrogens with zero attached hydrogens (tertiary/aromatic N) is 1. The molecule has 1 amide bonds.